The molecule has 0 amide bonds. The molecule has 0 saturated carbocycles. The molecule has 2 rings (SSSR count). The molecular formula is C13H14N2O2S. The van der Waals surface area contributed by atoms with Gasteiger partial charge < -0.3 is 14.9 Å². The number of rotatable bonds is 4. The molecule has 5 heteroatoms. The van der Waals surface area contributed by atoms with Crippen LogP contribution in [-0.2, 0) is 6.61 Å². The summed E-state index contributed by atoms with van der Waals surface area (Å²) < 4.78 is 10.8. The summed E-state index contributed by atoms with van der Waals surface area (Å²) in [5.74, 6) is 1.18. The predicted molar refractivity (Wildman–Crippen MR) is 72.6 cm³/mol. The summed E-state index contributed by atoms with van der Waals surface area (Å²) in [6.07, 6.45) is 1.60. The van der Waals surface area contributed by atoms with Crippen molar-refractivity contribution in [2.45, 2.75) is 20.5 Å². The van der Waals surface area contributed by atoms with Crippen molar-refractivity contribution in [3.8, 4) is 5.88 Å². The van der Waals surface area contributed by atoms with Crippen molar-refractivity contribution in [2.24, 2.45) is 5.73 Å². The van der Waals surface area contributed by atoms with E-state index in [1.807, 2.05) is 32.0 Å². The van der Waals surface area contributed by atoms with E-state index in [4.69, 9.17) is 27.1 Å². The van der Waals surface area contributed by atoms with Crippen LogP contribution >= 0.6 is 12.2 Å². The summed E-state index contributed by atoms with van der Waals surface area (Å²) in [6, 6.07) is 5.57. The van der Waals surface area contributed by atoms with Crippen LogP contribution in [0.3, 0.4) is 0 Å². The van der Waals surface area contributed by atoms with Crippen molar-refractivity contribution < 1.29 is 9.15 Å². The van der Waals surface area contributed by atoms with E-state index in [1.54, 1.807) is 6.26 Å². The van der Waals surface area contributed by atoms with Crippen LogP contribution in [0.2, 0.25) is 0 Å². The van der Waals surface area contributed by atoms with Crippen molar-refractivity contribution in [3.63, 3.8) is 0 Å². The number of hydrogen-bond donors (Lipinski definition) is 1. The third kappa shape index (κ3) is 2.68. The second kappa shape index (κ2) is 5.18. The SMILES string of the molecule is Cc1cc(C)c(C(N)=S)c(OCc2ccco2)n1. The van der Waals surface area contributed by atoms with E-state index in [1.165, 1.54) is 0 Å². The number of nitrogens with zero attached hydrogens (tertiary/aromatic N) is 1. The highest BCUT2D eigenvalue weighted by atomic mass is 32.1. The molecule has 2 N–H and O–H groups in total. The number of hydrogen-bond acceptors (Lipinski definition) is 4. The maximum atomic E-state index is 5.70. The first-order valence-corrected chi connectivity index (χ1v) is 5.92. The van der Waals surface area contributed by atoms with Gasteiger partial charge in [-0.1, -0.05) is 12.2 Å². The normalized spacial score (nSPS) is 10.3. The Hall–Kier alpha value is -1.88. The summed E-state index contributed by atoms with van der Waals surface area (Å²) in [5.41, 5.74) is 8.21. The lowest BCUT2D eigenvalue weighted by molar-refractivity contribution is 0.259. The second-order valence-electron chi connectivity index (χ2n) is 3.99. The van der Waals surface area contributed by atoms with Crippen molar-refractivity contribution in [2.75, 3.05) is 0 Å². The number of nitrogens with two attached hydrogens (primary N) is 1. The fourth-order valence-corrected chi connectivity index (χ4v) is 1.99. The molecule has 0 radical (unpaired) electrons. The highest BCUT2D eigenvalue weighted by Crippen LogP contribution is 2.21. The van der Waals surface area contributed by atoms with E-state index in [0.29, 0.717) is 18.1 Å². The number of aryl methyl sites for hydroxylation is 2. The minimum absolute atomic E-state index is 0.287. The van der Waals surface area contributed by atoms with Crippen LogP contribution in [0, 0.1) is 13.8 Å². The van der Waals surface area contributed by atoms with Gasteiger partial charge in [-0.2, -0.15) is 0 Å². The molecule has 2 aromatic rings. The molecule has 0 saturated heterocycles. The maximum absolute atomic E-state index is 5.70. The summed E-state index contributed by atoms with van der Waals surface area (Å²) in [6.45, 7) is 4.14. The predicted octanol–water partition coefficient (Wildman–Crippen LogP) is 2.50. The average molecular weight is 262 g/mol. The quantitative estimate of drug-likeness (QED) is 0.858. The Morgan fingerprint density at radius 3 is 2.89 bits per heavy atom. The molecular weight excluding hydrogens is 248 g/mol. The monoisotopic (exact) mass is 262 g/mol. The third-order valence-electron chi connectivity index (χ3n) is 2.49. The zero-order chi connectivity index (χ0) is 13.1. The molecule has 18 heavy (non-hydrogen) atoms. The van der Waals surface area contributed by atoms with Crippen LogP contribution in [-0.4, -0.2) is 9.97 Å². The lowest BCUT2D eigenvalue weighted by Gasteiger charge is -2.12. The lowest BCUT2D eigenvalue weighted by atomic mass is 10.1. The van der Waals surface area contributed by atoms with Crippen molar-refractivity contribution in [1.29, 1.82) is 0 Å². The van der Waals surface area contributed by atoms with Crippen LogP contribution in [0.5, 0.6) is 5.88 Å². The Morgan fingerprint density at radius 2 is 2.28 bits per heavy atom. The second-order valence-corrected chi connectivity index (χ2v) is 4.43. The summed E-state index contributed by atoms with van der Waals surface area (Å²) in [7, 11) is 0. The van der Waals surface area contributed by atoms with E-state index in [0.717, 1.165) is 17.0 Å². The van der Waals surface area contributed by atoms with E-state index < -0.39 is 0 Å². The molecule has 94 valence electrons. The standard InChI is InChI=1S/C13H14N2O2S/c1-8-6-9(2)15-13(11(8)12(14)18)17-7-10-4-3-5-16-10/h3-6H,7H2,1-2H3,(H2,14,18). The summed E-state index contributed by atoms with van der Waals surface area (Å²) in [5, 5.41) is 0. The lowest BCUT2D eigenvalue weighted by Crippen LogP contribution is -2.15. The molecule has 0 bridgehead atoms. The van der Waals surface area contributed by atoms with Crippen LogP contribution in [0.4, 0.5) is 0 Å². The van der Waals surface area contributed by atoms with Crippen LogP contribution in [0.15, 0.2) is 28.9 Å². The number of ether oxygens (including phenoxy) is 1. The smallest absolute Gasteiger partial charge is 0.224 e. The van der Waals surface area contributed by atoms with Gasteiger partial charge in [0, 0.05) is 5.69 Å². The van der Waals surface area contributed by atoms with Gasteiger partial charge in [-0.25, -0.2) is 4.98 Å². The number of thiocarbonyl (C=S) groups is 1. The largest absolute Gasteiger partial charge is 0.469 e. The summed E-state index contributed by atoms with van der Waals surface area (Å²) >= 11 is 5.03. The zero-order valence-corrected chi connectivity index (χ0v) is 11.1. The van der Waals surface area contributed by atoms with Gasteiger partial charge in [-0.15, -0.1) is 0 Å². The van der Waals surface area contributed by atoms with Gasteiger partial charge in [0.05, 0.1) is 11.8 Å². The maximum Gasteiger partial charge on any atom is 0.224 e. The van der Waals surface area contributed by atoms with Crippen molar-refractivity contribution in [3.05, 3.63) is 47.0 Å². The zero-order valence-electron chi connectivity index (χ0n) is 10.3. The van der Waals surface area contributed by atoms with Crippen molar-refractivity contribution >= 4 is 17.2 Å². The van der Waals surface area contributed by atoms with Gasteiger partial charge >= 0.3 is 0 Å². The van der Waals surface area contributed by atoms with Gasteiger partial charge in [0.2, 0.25) is 5.88 Å². The molecule has 0 aliphatic carbocycles. The Morgan fingerprint density at radius 1 is 1.50 bits per heavy atom. The van der Waals surface area contributed by atoms with Gasteiger partial charge in [-0.05, 0) is 37.6 Å². The van der Waals surface area contributed by atoms with Crippen LogP contribution in [0.1, 0.15) is 22.6 Å². The molecule has 0 unspecified atom stereocenters. The van der Waals surface area contributed by atoms with E-state index in [2.05, 4.69) is 4.98 Å². The summed E-state index contributed by atoms with van der Waals surface area (Å²) in [4.78, 5) is 4.61. The van der Waals surface area contributed by atoms with Crippen LogP contribution < -0.4 is 10.5 Å². The minimum atomic E-state index is 0.287. The molecule has 0 fully saturated rings. The van der Waals surface area contributed by atoms with Gasteiger partial charge in [0.25, 0.3) is 0 Å². The van der Waals surface area contributed by atoms with E-state index in [9.17, 15) is 0 Å². The molecule has 0 spiro atoms. The Labute approximate surface area is 111 Å². The highest BCUT2D eigenvalue weighted by molar-refractivity contribution is 7.80. The topological polar surface area (TPSA) is 61.3 Å². The fourth-order valence-electron chi connectivity index (χ4n) is 1.74. The Bertz CT molecular complexity index is 565. The molecule has 2 aromatic heterocycles. The van der Waals surface area contributed by atoms with Gasteiger partial charge in [0.1, 0.15) is 17.4 Å². The molecule has 0 aromatic carbocycles. The first kappa shape index (κ1) is 12.6. The molecule has 2 heterocycles. The number of pyridine rings is 1. The van der Waals surface area contributed by atoms with Gasteiger partial charge in [-0.3, -0.25) is 0 Å². The molecule has 4 nitrogen and oxygen atoms in total. The molecule has 0 atom stereocenters. The van der Waals surface area contributed by atoms with Crippen molar-refractivity contribution in [1.82, 2.24) is 4.98 Å². The van der Waals surface area contributed by atoms with Crippen LogP contribution in [0.25, 0.3) is 0 Å². The molecule has 0 aliphatic heterocycles. The minimum Gasteiger partial charge on any atom is -0.469 e. The third-order valence-corrected chi connectivity index (χ3v) is 2.69. The first-order valence-electron chi connectivity index (χ1n) is 5.51. The Kier molecular flexibility index (Phi) is 3.62. The number of aromatic nitrogens is 1. The average Bonchev–Trinajstić information content (AvgIpc) is 2.77. The number of furan rings is 1. The van der Waals surface area contributed by atoms with Gasteiger partial charge in [0.15, 0.2) is 0 Å². The van der Waals surface area contributed by atoms with E-state index >= 15 is 0 Å². The fraction of sp³-hybridized carbons (Fsp3) is 0.231. The highest BCUT2D eigenvalue weighted by Gasteiger charge is 2.13. The van der Waals surface area contributed by atoms with E-state index in [-0.39, 0.29) is 4.99 Å². The molecule has 0 aliphatic rings. The Balaban J connectivity index is 2.28. The first-order chi connectivity index (χ1) is 8.58.